The number of carbonyl (C=O) groups excluding carboxylic acids is 1. The van der Waals surface area contributed by atoms with Gasteiger partial charge in [0.15, 0.2) is 0 Å². The number of amides is 1. The van der Waals surface area contributed by atoms with E-state index in [-0.39, 0.29) is 5.91 Å². The number of carbonyl (C=O) groups is 1. The summed E-state index contributed by atoms with van der Waals surface area (Å²) in [5.74, 6) is 1.02. The Balaban J connectivity index is 1.78. The number of aryl methyl sites for hydroxylation is 2. The molecule has 0 radical (unpaired) electrons. The van der Waals surface area contributed by atoms with Gasteiger partial charge in [-0.25, -0.2) is 0 Å². The Morgan fingerprint density at radius 2 is 2.00 bits per heavy atom. The van der Waals surface area contributed by atoms with Crippen LogP contribution in [0.15, 0.2) is 30.3 Å². The Morgan fingerprint density at radius 3 is 2.52 bits per heavy atom. The fraction of sp³-hybridized carbons (Fsp3) is 0.421. The van der Waals surface area contributed by atoms with Crippen molar-refractivity contribution in [2.24, 2.45) is 0 Å². The van der Waals surface area contributed by atoms with Gasteiger partial charge in [-0.1, -0.05) is 19.1 Å². The van der Waals surface area contributed by atoms with Gasteiger partial charge in [0.1, 0.15) is 5.75 Å². The molecule has 0 unspecified atom stereocenters. The highest BCUT2D eigenvalue weighted by atomic mass is 32.1. The Morgan fingerprint density at radius 1 is 1.30 bits per heavy atom. The molecule has 1 saturated carbocycles. The first kappa shape index (κ1) is 16.1. The van der Waals surface area contributed by atoms with E-state index in [9.17, 15) is 4.79 Å². The number of ether oxygens (including phenoxy) is 1. The molecule has 0 bridgehead atoms. The number of thiophene rings is 1. The molecule has 1 aromatic carbocycles. The molecule has 3 nitrogen and oxygen atoms in total. The zero-order valence-corrected chi connectivity index (χ0v) is 14.8. The number of rotatable bonds is 6. The maximum absolute atomic E-state index is 12.9. The van der Waals surface area contributed by atoms with Gasteiger partial charge < -0.3 is 9.64 Å². The van der Waals surface area contributed by atoms with E-state index in [0.29, 0.717) is 12.6 Å². The van der Waals surface area contributed by atoms with Gasteiger partial charge in [-0.3, -0.25) is 4.79 Å². The first-order chi connectivity index (χ1) is 11.1. The highest BCUT2D eigenvalue weighted by molar-refractivity contribution is 7.14. The van der Waals surface area contributed by atoms with Crippen LogP contribution in [0.3, 0.4) is 0 Å². The van der Waals surface area contributed by atoms with Crippen LogP contribution >= 0.6 is 11.3 Å². The van der Waals surface area contributed by atoms with Crippen molar-refractivity contribution in [2.75, 3.05) is 7.11 Å². The minimum Gasteiger partial charge on any atom is -0.497 e. The third-order valence-electron chi connectivity index (χ3n) is 4.31. The molecule has 4 heteroatoms. The standard InChI is InChI=1S/C19H23NO2S/c1-4-17-13(2)11-18(23-17)19(21)20(15-7-8-15)12-14-5-9-16(22-3)10-6-14/h5-6,9-11,15H,4,7-8,12H2,1-3H3. The van der Waals surface area contributed by atoms with Gasteiger partial charge in [-0.05, 0) is 55.5 Å². The molecular weight excluding hydrogens is 306 g/mol. The van der Waals surface area contributed by atoms with Crippen LogP contribution < -0.4 is 4.74 Å². The maximum Gasteiger partial charge on any atom is 0.264 e. The maximum atomic E-state index is 12.9. The fourth-order valence-corrected chi connectivity index (χ4v) is 3.87. The average Bonchev–Trinajstić information content (AvgIpc) is 3.34. The molecular formula is C19H23NO2S. The highest BCUT2D eigenvalue weighted by Crippen LogP contribution is 2.32. The van der Waals surface area contributed by atoms with Gasteiger partial charge >= 0.3 is 0 Å². The molecule has 0 atom stereocenters. The molecule has 0 saturated heterocycles. The Kier molecular flexibility index (Phi) is 4.71. The topological polar surface area (TPSA) is 29.5 Å². The lowest BCUT2D eigenvalue weighted by atomic mass is 10.2. The van der Waals surface area contributed by atoms with E-state index in [2.05, 4.69) is 19.9 Å². The normalized spacial score (nSPS) is 13.9. The Hall–Kier alpha value is -1.81. The van der Waals surface area contributed by atoms with Crippen LogP contribution in [0.2, 0.25) is 0 Å². The summed E-state index contributed by atoms with van der Waals surface area (Å²) in [6, 6.07) is 10.4. The summed E-state index contributed by atoms with van der Waals surface area (Å²) < 4.78 is 5.20. The molecule has 1 aromatic heterocycles. The smallest absolute Gasteiger partial charge is 0.264 e. The second-order valence-electron chi connectivity index (χ2n) is 6.08. The van der Waals surface area contributed by atoms with Crippen LogP contribution in [-0.2, 0) is 13.0 Å². The molecule has 1 heterocycles. The average molecular weight is 329 g/mol. The number of methoxy groups -OCH3 is 1. The van der Waals surface area contributed by atoms with Gasteiger partial charge in [0.25, 0.3) is 5.91 Å². The van der Waals surface area contributed by atoms with Crippen LogP contribution in [0.25, 0.3) is 0 Å². The van der Waals surface area contributed by atoms with Crippen molar-refractivity contribution in [1.82, 2.24) is 4.90 Å². The summed E-state index contributed by atoms with van der Waals surface area (Å²) in [5, 5.41) is 0. The Labute approximate surface area is 141 Å². The SMILES string of the molecule is CCc1sc(C(=O)N(Cc2ccc(OC)cc2)C2CC2)cc1C. The molecule has 0 N–H and O–H groups in total. The summed E-state index contributed by atoms with van der Waals surface area (Å²) in [4.78, 5) is 17.2. The van der Waals surface area contributed by atoms with E-state index >= 15 is 0 Å². The summed E-state index contributed by atoms with van der Waals surface area (Å²) in [6.07, 6.45) is 3.23. The minimum absolute atomic E-state index is 0.177. The molecule has 0 spiro atoms. The van der Waals surface area contributed by atoms with Gasteiger partial charge in [0.05, 0.1) is 12.0 Å². The van der Waals surface area contributed by atoms with Crippen molar-refractivity contribution >= 4 is 17.2 Å². The molecule has 1 aliphatic carbocycles. The third kappa shape index (κ3) is 3.58. The fourth-order valence-electron chi connectivity index (χ4n) is 2.80. The highest BCUT2D eigenvalue weighted by Gasteiger charge is 2.33. The van der Waals surface area contributed by atoms with E-state index in [1.165, 1.54) is 10.4 Å². The van der Waals surface area contributed by atoms with Crippen molar-refractivity contribution in [3.63, 3.8) is 0 Å². The summed E-state index contributed by atoms with van der Waals surface area (Å²) in [7, 11) is 1.67. The second-order valence-corrected chi connectivity index (χ2v) is 7.22. The van der Waals surface area contributed by atoms with Gasteiger partial charge in [-0.15, -0.1) is 11.3 Å². The third-order valence-corrected chi connectivity index (χ3v) is 5.68. The zero-order chi connectivity index (χ0) is 16.4. The van der Waals surface area contributed by atoms with Crippen LogP contribution in [0.4, 0.5) is 0 Å². The minimum atomic E-state index is 0.177. The van der Waals surface area contributed by atoms with Crippen LogP contribution in [-0.4, -0.2) is 24.0 Å². The van der Waals surface area contributed by atoms with E-state index in [0.717, 1.165) is 35.5 Å². The molecule has 0 aliphatic heterocycles. The van der Waals surface area contributed by atoms with E-state index < -0.39 is 0 Å². The lowest BCUT2D eigenvalue weighted by Crippen LogP contribution is -2.32. The summed E-state index contributed by atoms with van der Waals surface area (Å²) in [6.45, 7) is 4.91. The quantitative estimate of drug-likeness (QED) is 0.784. The lowest BCUT2D eigenvalue weighted by molar-refractivity contribution is 0.0735. The molecule has 2 aromatic rings. The molecule has 1 fully saturated rings. The van der Waals surface area contributed by atoms with E-state index in [1.54, 1.807) is 18.4 Å². The van der Waals surface area contributed by atoms with Crippen molar-refractivity contribution < 1.29 is 9.53 Å². The van der Waals surface area contributed by atoms with E-state index in [1.807, 2.05) is 29.2 Å². The molecule has 122 valence electrons. The zero-order valence-electron chi connectivity index (χ0n) is 14.0. The first-order valence-electron chi connectivity index (χ1n) is 8.15. The number of hydrogen-bond acceptors (Lipinski definition) is 3. The largest absolute Gasteiger partial charge is 0.497 e. The Bertz CT molecular complexity index is 686. The van der Waals surface area contributed by atoms with Gasteiger partial charge in [0, 0.05) is 17.5 Å². The summed E-state index contributed by atoms with van der Waals surface area (Å²) in [5.41, 5.74) is 2.39. The predicted molar refractivity (Wildman–Crippen MR) is 94.3 cm³/mol. The number of benzene rings is 1. The first-order valence-corrected chi connectivity index (χ1v) is 8.97. The number of nitrogens with zero attached hydrogens (tertiary/aromatic N) is 1. The lowest BCUT2D eigenvalue weighted by Gasteiger charge is -2.22. The van der Waals surface area contributed by atoms with Crippen LogP contribution in [0, 0.1) is 6.92 Å². The van der Waals surface area contributed by atoms with E-state index in [4.69, 9.17) is 4.74 Å². The van der Waals surface area contributed by atoms with Crippen LogP contribution in [0.1, 0.15) is 45.4 Å². The molecule has 1 amide bonds. The predicted octanol–water partition coefficient (Wildman–Crippen LogP) is 4.43. The monoisotopic (exact) mass is 329 g/mol. The second kappa shape index (κ2) is 6.75. The molecule has 3 rings (SSSR count). The van der Waals surface area contributed by atoms with Crippen molar-refractivity contribution in [2.45, 2.75) is 45.7 Å². The van der Waals surface area contributed by atoms with Crippen LogP contribution in [0.5, 0.6) is 5.75 Å². The van der Waals surface area contributed by atoms with Gasteiger partial charge in [-0.2, -0.15) is 0 Å². The van der Waals surface area contributed by atoms with Crippen molar-refractivity contribution in [3.05, 3.63) is 51.2 Å². The van der Waals surface area contributed by atoms with Crippen molar-refractivity contribution in [3.8, 4) is 5.75 Å². The molecule has 23 heavy (non-hydrogen) atoms. The molecule has 1 aliphatic rings. The van der Waals surface area contributed by atoms with Gasteiger partial charge in [0.2, 0.25) is 0 Å². The number of hydrogen-bond donors (Lipinski definition) is 0. The summed E-state index contributed by atoms with van der Waals surface area (Å²) >= 11 is 1.65. The van der Waals surface area contributed by atoms with Crippen molar-refractivity contribution in [1.29, 1.82) is 0 Å².